The molecule has 1 amide bonds. The average Bonchev–Trinajstić information content (AvgIpc) is 3.01. The van der Waals surface area contributed by atoms with Crippen LogP contribution in [0.4, 0.5) is 10.1 Å². The number of rotatable bonds is 4. The molecule has 9 heteroatoms. The van der Waals surface area contributed by atoms with E-state index in [0.717, 1.165) is 0 Å². The van der Waals surface area contributed by atoms with E-state index >= 15 is 0 Å². The molecule has 0 atom stereocenters. The third kappa shape index (κ3) is 3.47. The number of carbonyl (C=O) groups excluding carboxylic acids is 1. The van der Waals surface area contributed by atoms with E-state index in [1.807, 2.05) is 0 Å². The lowest BCUT2D eigenvalue weighted by molar-refractivity contribution is 0.0696. The standard InChI is InChI=1S/C20H14Cl2FN3O3/c21-14-5-2-6-15(16(14)23)25-8-7-13-17(19(25)27)24-26(18(13)22)10-11-3-1-4-12(9-11)20(28)29/h1-6,9H,7-8,10H2,(H,28,29). The molecule has 0 radical (unpaired) electrons. The molecule has 0 saturated carbocycles. The van der Waals surface area contributed by atoms with E-state index in [-0.39, 0.29) is 35.1 Å². The second-order valence-corrected chi connectivity index (χ2v) is 7.33. The van der Waals surface area contributed by atoms with Crippen LogP contribution in [0.25, 0.3) is 0 Å². The van der Waals surface area contributed by atoms with Crippen LogP contribution in [0.5, 0.6) is 0 Å². The van der Waals surface area contributed by atoms with Crippen LogP contribution in [0.2, 0.25) is 10.2 Å². The van der Waals surface area contributed by atoms with Crippen molar-refractivity contribution >= 4 is 40.8 Å². The van der Waals surface area contributed by atoms with Gasteiger partial charge in [-0.1, -0.05) is 41.4 Å². The molecule has 1 aliphatic rings. The van der Waals surface area contributed by atoms with Crippen LogP contribution in [0.1, 0.15) is 32.0 Å². The maximum atomic E-state index is 14.4. The van der Waals surface area contributed by atoms with Gasteiger partial charge < -0.3 is 10.0 Å². The number of aromatic carboxylic acids is 1. The van der Waals surface area contributed by atoms with Gasteiger partial charge in [-0.2, -0.15) is 5.10 Å². The SMILES string of the molecule is O=C(O)c1cccc(Cn2nc3c(c2Cl)CCN(c2cccc(Cl)c2F)C3=O)c1. The first-order valence-electron chi connectivity index (χ1n) is 8.70. The van der Waals surface area contributed by atoms with Crippen molar-refractivity contribution in [2.24, 2.45) is 0 Å². The number of benzene rings is 2. The lowest BCUT2D eigenvalue weighted by atomic mass is 10.1. The maximum absolute atomic E-state index is 14.4. The summed E-state index contributed by atoms with van der Waals surface area (Å²) in [7, 11) is 0. The number of hydrogen-bond acceptors (Lipinski definition) is 3. The summed E-state index contributed by atoms with van der Waals surface area (Å²) in [5, 5.41) is 13.7. The van der Waals surface area contributed by atoms with Crippen LogP contribution in [0, 0.1) is 5.82 Å². The van der Waals surface area contributed by atoms with Crippen molar-refractivity contribution < 1.29 is 19.1 Å². The highest BCUT2D eigenvalue weighted by Crippen LogP contribution is 2.32. The summed E-state index contributed by atoms with van der Waals surface area (Å²) in [6.07, 6.45) is 0.404. The van der Waals surface area contributed by atoms with Crippen molar-refractivity contribution in [1.82, 2.24) is 9.78 Å². The third-order valence-corrected chi connectivity index (χ3v) is 5.46. The van der Waals surface area contributed by atoms with Gasteiger partial charge in [-0.3, -0.25) is 4.79 Å². The number of carboxylic acids is 1. The Morgan fingerprint density at radius 3 is 2.72 bits per heavy atom. The molecule has 3 aromatic rings. The highest BCUT2D eigenvalue weighted by atomic mass is 35.5. The van der Waals surface area contributed by atoms with Crippen molar-refractivity contribution in [3.8, 4) is 0 Å². The zero-order chi connectivity index (χ0) is 20.7. The minimum atomic E-state index is -1.04. The molecule has 0 fully saturated rings. The molecule has 0 spiro atoms. The molecule has 29 heavy (non-hydrogen) atoms. The fourth-order valence-electron chi connectivity index (χ4n) is 3.34. The maximum Gasteiger partial charge on any atom is 0.335 e. The highest BCUT2D eigenvalue weighted by Gasteiger charge is 2.33. The molecule has 148 valence electrons. The van der Waals surface area contributed by atoms with E-state index in [0.29, 0.717) is 22.7 Å². The second-order valence-electron chi connectivity index (χ2n) is 6.56. The predicted molar refractivity (Wildman–Crippen MR) is 107 cm³/mol. The molecule has 6 nitrogen and oxygen atoms in total. The summed E-state index contributed by atoms with van der Waals surface area (Å²) in [6.45, 7) is 0.439. The van der Waals surface area contributed by atoms with Crippen molar-refractivity contribution in [2.45, 2.75) is 13.0 Å². The second kappa shape index (κ2) is 7.50. The molecule has 0 bridgehead atoms. The van der Waals surface area contributed by atoms with Crippen LogP contribution in [-0.4, -0.2) is 33.3 Å². The van der Waals surface area contributed by atoms with Gasteiger partial charge in [0, 0.05) is 12.1 Å². The number of carboxylic acid groups (broad SMARTS) is 1. The Morgan fingerprint density at radius 1 is 1.21 bits per heavy atom. The van der Waals surface area contributed by atoms with Crippen molar-refractivity contribution in [3.63, 3.8) is 0 Å². The molecule has 2 aromatic carbocycles. The van der Waals surface area contributed by atoms with E-state index < -0.39 is 17.7 Å². The first-order valence-corrected chi connectivity index (χ1v) is 9.45. The monoisotopic (exact) mass is 433 g/mol. The fourth-order valence-corrected chi connectivity index (χ4v) is 3.79. The van der Waals surface area contributed by atoms with Crippen molar-refractivity contribution in [3.05, 3.63) is 80.8 Å². The number of halogens is 3. The number of hydrogen-bond donors (Lipinski definition) is 1. The Labute approximate surface area is 175 Å². The molecule has 2 heterocycles. The molecule has 1 aliphatic heterocycles. The number of fused-ring (bicyclic) bond motifs is 1. The van der Waals surface area contributed by atoms with Crippen LogP contribution in [0.15, 0.2) is 42.5 Å². The summed E-state index contributed by atoms with van der Waals surface area (Å²) in [5.74, 6) is -2.17. The van der Waals surface area contributed by atoms with Gasteiger partial charge in [0.1, 0.15) is 5.15 Å². The normalized spacial score (nSPS) is 13.5. The summed E-state index contributed by atoms with van der Waals surface area (Å²) < 4.78 is 15.8. The molecular formula is C20H14Cl2FN3O3. The van der Waals surface area contributed by atoms with Crippen molar-refractivity contribution in [2.75, 3.05) is 11.4 Å². The lowest BCUT2D eigenvalue weighted by Gasteiger charge is -2.26. The Balaban J connectivity index is 1.66. The van der Waals surface area contributed by atoms with Crippen LogP contribution in [0.3, 0.4) is 0 Å². The van der Waals surface area contributed by atoms with Gasteiger partial charge in [0.25, 0.3) is 5.91 Å². The Morgan fingerprint density at radius 2 is 1.97 bits per heavy atom. The van der Waals surface area contributed by atoms with Gasteiger partial charge >= 0.3 is 5.97 Å². The summed E-state index contributed by atoms with van der Waals surface area (Å²) >= 11 is 12.3. The Bertz CT molecular complexity index is 1150. The number of anilines is 1. The largest absolute Gasteiger partial charge is 0.478 e. The van der Waals surface area contributed by atoms with Crippen LogP contribution < -0.4 is 4.90 Å². The quantitative estimate of drug-likeness (QED) is 0.666. The summed E-state index contributed by atoms with van der Waals surface area (Å²) in [5.41, 5.74) is 1.65. The highest BCUT2D eigenvalue weighted by molar-refractivity contribution is 6.32. The van der Waals surface area contributed by atoms with Gasteiger partial charge in [0.2, 0.25) is 0 Å². The average molecular weight is 434 g/mol. The minimum Gasteiger partial charge on any atom is -0.478 e. The first kappa shape index (κ1) is 19.4. The zero-order valence-electron chi connectivity index (χ0n) is 14.9. The van der Waals surface area contributed by atoms with E-state index in [1.54, 1.807) is 18.2 Å². The van der Waals surface area contributed by atoms with E-state index in [2.05, 4.69) is 5.10 Å². The smallest absolute Gasteiger partial charge is 0.335 e. The van der Waals surface area contributed by atoms with Crippen LogP contribution >= 0.6 is 23.2 Å². The Kier molecular flexibility index (Phi) is 5.02. The topological polar surface area (TPSA) is 75.4 Å². The molecule has 1 aromatic heterocycles. The molecule has 0 aliphatic carbocycles. The third-order valence-electron chi connectivity index (χ3n) is 4.74. The predicted octanol–water partition coefficient (Wildman–Crippen LogP) is 4.28. The van der Waals surface area contributed by atoms with Gasteiger partial charge in [-0.25, -0.2) is 13.9 Å². The molecule has 0 unspecified atom stereocenters. The van der Waals surface area contributed by atoms with Crippen LogP contribution in [-0.2, 0) is 13.0 Å². The minimum absolute atomic E-state index is 0.0667. The molecule has 4 rings (SSSR count). The summed E-state index contributed by atoms with van der Waals surface area (Å²) in [4.78, 5) is 25.4. The van der Waals surface area contributed by atoms with Crippen molar-refractivity contribution in [1.29, 1.82) is 0 Å². The summed E-state index contributed by atoms with van der Waals surface area (Å²) in [6, 6.07) is 10.9. The van der Waals surface area contributed by atoms with Gasteiger partial charge in [-0.15, -0.1) is 0 Å². The number of aromatic nitrogens is 2. The van der Waals surface area contributed by atoms with Gasteiger partial charge in [0.05, 0.1) is 22.8 Å². The van der Waals surface area contributed by atoms with E-state index in [1.165, 1.54) is 33.8 Å². The van der Waals surface area contributed by atoms with Gasteiger partial charge in [-0.05, 0) is 36.2 Å². The zero-order valence-corrected chi connectivity index (χ0v) is 16.4. The first-order chi connectivity index (χ1) is 13.9. The molecular weight excluding hydrogens is 420 g/mol. The number of carbonyl (C=O) groups is 2. The molecule has 0 saturated heterocycles. The number of nitrogens with zero attached hydrogens (tertiary/aromatic N) is 3. The fraction of sp³-hybridized carbons (Fsp3) is 0.150. The number of amides is 1. The lowest BCUT2D eigenvalue weighted by Crippen LogP contribution is -2.38. The van der Waals surface area contributed by atoms with Gasteiger partial charge in [0.15, 0.2) is 11.5 Å². The Hall–Kier alpha value is -2.90. The van der Waals surface area contributed by atoms with E-state index in [4.69, 9.17) is 28.3 Å². The molecule has 1 N–H and O–H groups in total. The van der Waals surface area contributed by atoms with E-state index in [9.17, 15) is 14.0 Å².